The van der Waals surface area contributed by atoms with Gasteiger partial charge in [0.15, 0.2) is 0 Å². The fraction of sp³-hybridized carbons (Fsp3) is 0.200. The molecule has 2 rings (SSSR count). The molecule has 0 saturated heterocycles. The molecule has 27 heavy (non-hydrogen) atoms. The van der Waals surface area contributed by atoms with E-state index < -0.39 is 43.1 Å². The monoisotopic (exact) mass is 407 g/mol. The topological polar surface area (TPSA) is 101 Å². The maximum Gasteiger partial charge on any atom is 0.416 e. The molecule has 0 radical (unpaired) electrons. The summed E-state index contributed by atoms with van der Waals surface area (Å²) in [4.78, 5) is 9.41. The van der Waals surface area contributed by atoms with E-state index in [2.05, 4.69) is 10.0 Å². The van der Waals surface area contributed by atoms with Crippen LogP contribution >= 0.6 is 0 Å². The van der Waals surface area contributed by atoms with Gasteiger partial charge in [-0.2, -0.15) is 13.2 Å². The van der Waals surface area contributed by atoms with Crippen molar-refractivity contribution in [2.45, 2.75) is 11.1 Å². The van der Waals surface area contributed by atoms with Crippen LogP contribution in [0.3, 0.4) is 0 Å². The van der Waals surface area contributed by atoms with Crippen molar-refractivity contribution in [2.75, 3.05) is 18.4 Å². The Kier molecular flexibility index (Phi) is 6.01. The van der Waals surface area contributed by atoms with Gasteiger partial charge in [0.25, 0.3) is 5.69 Å². The minimum atomic E-state index is -4.74. The van der Waals surface area contributed by atoms with Gasteiger partial charge in [-0.05, 0) is 24.3 Å². The van der Waals surface area contributed by atoms with Gasteiger partial charge in [-0.15, -0.1) is 0 Å². The Morgan fingerprint density at radius 2 is 1.74 bits per heavy atom. The molecule has 0 amide bonds. The normalized spacial score (nSPS) is 12.0. The number of rotatable bonds is 7. The van der Waals surface area contributed by atoms with Crippen molar-refractivity contribution in [3.8, 4) is 0 Å². The predicted molar refractivity (Wildman–Crippen MR) is 88.2 cm³/mol. The molecule has 0 atom stereocenters. The van der Waals surface area contributed by atoms with Crippen LogP contribution in [0.2, 0.25) is 0 Å². The lowest BCUT2D eigenvalue weighted by Crippen LogP contribution is -2.29. The number of nitro groups is 1. The van der Waals surface area contributed by atoms with Crippen LogP contribution in [0.25, 0.3) is 0 Å². The minimum absolute atomic E-state index is 0.181. The molecular formula is C15H13F4N3O4S. The number of halogens is 4. The van der Waals surface area contributed by atoms with E-state index in [0.29, 0.717) is 12.1 Å². The number of sulfonamides is 1. The Morgan fingerprint density at radius 3 is 2.33 bits per heavy atom. The third kappa shape index (κ3) is 5.14. The van der Waals surface area contributed by atoms with Crippen molar-refractivity contribution >= 4 is 21.4 Å². The fourth-order valence-electron chi connectivity index (χ4n) is 2.13. The van der Waals surface area contributed by atoms with Gasteiger partial charge in [-0.1, -0.05) is 12.1 Å². The fourth-order valence-corrected chi connectivity index (χ4v) is 3.24. The van der Waals surface area contributed by atoms with Crippen molar-refractivity contribution < 1.29 is 30.9 Å². The molecule has 0 saturated carbocycles. The second-order valence-electron chi connectivity index (χ2n) is 5.24. The summed E-state index contributed by atoms with van der Waals surface area (Å²) in [5, 5.41) is 13.4. The second-order valence-corrected chi connectivity index (χ2v) is 6.98. The van der Waals surface area contributed by atoms with Gasteiger partial charge in [0.1, 0.15) is 16.4 Å². The van der Waals surface area contributed by atoms with Gasteiger partial charge in [-0.3, -0.25) is 10.1 Å². The molecule has 0 bridgehead atoms. The lowest BCUT2D eigenvalue weighted by atomic mass is 10.1. The van der Waals surface area contributed by atoms with Gasteiger partial charge < -0.3 is 5.32 Å². The lowest BCUT2D eigenvalue weighted by molar-refractivity contribution is -0.384. The van der Waals surface area contributed by atoms with E-state index in [9.17, 15) is 36.1 Å². The van der Waals surface area contributed by atoms with Gasteiger partial charge in [0.2, 0.25) is 10.0 Å². The highest BCUT2D eigenvalue weighted by atomic mass is 32.2. The van der Waals surface area contributed by atoms with Crippen LogP contribution in [-0.4, -0.2) is 26.4 Å². The van der Waals surface area contributed by atoms with Crippen LogP contribution < -0.4 is 10.0 Å². The van der Waals surface area contributed by atoms with E-state index in [1.807, 2.05) is 0 Å². The van der Waals surface area contributed by atoms with Crippen molar-refractivity contribution in [1.29, 1.82) is 0 Å². The van der Waals surface area contributed by atoms with Gasteiger partial charge >= 0.3 is 6.18 Å². The molecule has 12 heteroatoms. The first-order chi connectivity index (χ1) is 12.5. The Bertz CT molecular complexity index is 948. The number of nitrogens with zero attached hydrogens (tertiary/aromatic N) is 1. The third-order valence-corrected chi connectivity index (χ3v) is 4.87. The molecule has 0 spiro atoms. The Balaban J connectivity index is 2.05. The summed E-state index contributed by atoms with van der Waals surface area (Å²) in [6, 6.07) is 6.61. The molecule has 2 aromatic carbocycles. The summed E-state index contributed by atoms with van der Waals surface area (Å²) in [5.41, 5.74) is -2.19. The molecule has 0 aliphatic heterocycles. The molecule has 146 valence electrons. The van der Waals surface area contributed by atoms with Crippen molar-refractivity contribution in [1.82, 2.24) is 4.72 Å². The summed E-state index contributed by atoms with van der Waals surface area (Å²) in [6.45, 7) is -0.464. The maximum absolute atomic E-state index is 13.5. The highest BCUT2D eigenvalue weighted by Crippen LogP contribution is 2.34. The Hall–Kier alpha value is -2.73. The molecule has 7 nitrogen and oxygen atoms in total. The molecule has 0 aliphatic carbocycles. The first-order valence-electron chi connectivity index (χ1n) is 7.36. The summed E-state index contributed by atoms with van der Waals surface area (Å²) >= 11 is 0. The number of alkyl halides is 3. The standard InChI is InChI=1S/C15H13F4N3O4S/c16-11-3-1-2-4-14(11)27(25,26)21-8-7-20-12-6-5-10(15(17,18)19)9-13(12)22(23)24/h1-6,9,20-21H,7-8H2. The molecule has 0 aliphatic rings. The second kappa shape index (κ2) is 7.88. The number of nitro benzene ring substituents is 1. The maximum atomic E-state index is 13.5. The predicted octanol–water partition coefficient (Wildman–Crippen LogP) is 3.14. The molecule has 2 aromatic rings. The van der Waals surface area contributed by atoms with Crippen molar-refractivity contribution in [3.05, 3.63) is 64.0 Å². The van der Waals surface area contributed by atoms with E-state index in [1.54, 1.807) is 0 Å². The number of anilines is 1. The quantitative estimate of drug-likeness (QED) is 0.318. The third-order valence-electron chi connectivity index (χ3n) is 3.38. The smallest absolute Gasteiger partial charge is 0.378 e. The summed E-state index contributed by atoms with van der Waals surface area (Å²) in [6.07, 6.45) is -4.74. The van der Waals surface area contributed by atoms with Crippen molar-refractivity contribution in [2.24, 2.45) is 0 Å². The Morgan fingerprint density at radius 1 is 1.07 bits per heavy atom. The van der Waals surface area contributed by atoms with E-state index >= 15 is 0 Å². The number of nitrogens with one attached hydrogen (secondary N) is 2. The van der Waals surface area contributed by atoms with E-state index in [-0.39, 0.29) is 18.8 Å². The number of hydrogen-bond acceptors (Lipinski definition) is 5. The number of benzene rings is 2. The van der Waals surface area contributed by atoms with Crippen LogP contribution in [0.1, 0.15) is 5.56 Å². The highest BCUT2D eigenvalue weighted by molar-refractivity contribution is 7.89. The molecule has 0 fully saturated rings. The van der Waals surface area contributed by atoms with Crippen LogP contribution in [0.15, 0.2) is 47.4 Å². The molecule has 2 N–H and O–H groups in total. The zero-order valence-corrected chi connectivity index (χ0v) is 14.3. The van der Waals surface area contributed by atoms with Gasteiger partial charge in [0, 0.05) is 19.2 Å². The average Bonchev–Trinajstić information content (AvgIpc) is 2.58. The van der Waals surface area contributed by atoms with E-state index in [0.717, 1.165) is 18.2 Å². The number of hydrogen-bond donors (Lipinski definition) is 2. The van der Waals surface area contributed by atoms with Crippen LogP contribution in [0.4, 0.5) is 28.9 Å². The van der Waals surface area contributed by atoms with Crippen LogP contribution in [0, 0.1) is 15.9 Å². The van der Waals surface area contributed by atoms with Crippen LogP contribution in [0.5, 0.6) is 0 Å². The summed E-state index contributed by atoms with van der Waals surface area (Å²) in [7, 11) is -4.15. The summed E-state index contributed by atoms with van der Waals surface area (Å²) in [5.74, 6) is -0.948. The SMILES string of the molecule is O=[N+]([O-])c1cc(C(F)(F)F)ccc1NCCNS(=O)(=O)c1ccccc1F. The van der Waals surface area contributed by atoms with E-state index in [4.69, 9.17) is 0 Å². The van der Waals surface area contributed by atoms with Crippen LogP contribution in [-0.2, 0) is 16.2 Å². The summed E-state index contributed by atoms with van der Waals surface area (Å²) < 4.78 is 77.5. The van der Waals surface area contributed by atoms with Gasteiger partial charge in [-0.25, -0.2) is 17.5 Å². The highest BCUT2D eigenvalue weighted by Gasteiger charge is 2.33. The first kappa shape index (κ1) is 20.6. The Labute approximate surface area is 151 Å². The zero-order valence-electron chi connectivity index (χ0n) is 13.5. The van der Waals surface area contributed by atoms with E-state index in [1.165, 1.54) is 12.1 Å². The molecule has 0 heterocycles. The molecule has 0 unspecified atom stereocenters. The minimum Gasteiger partial charge on any atom is -0.378 e. The molecule has 0 aromatic heterocycles. The zero-order chi connectivity index (χ0) is 20.2. The average molecular weight is 407 g/mol. The van der Waals surface area contributed by atoms with Crippen molar-refractivity contribution in [3.63, 3.8) is 0 Å². The van der Waals surface area contributed by atoms with Gasteiger partial charge in [0.05, 0.1) is 10.5 Å². The first-order valence-corrected chi connectivity index (χ1v) is 8.84. The lowest BCUT2D eigenvalue weighted by Gasteiger charge is -2.11. The molecular weight excluding hydrogens is 394 g/mol. The largest absolute Gasteiger partial charge is 0.416 e.